The fourth-order valence-electron chi connectivity index (χ4n) is 3.19. The number of hydrogen-bond donors (Lipinski definition) is 1. The summed E-state index contributed by atoms with van der Waals surface area (Å²) < 4.78 is 57.8. The molecule has 4 rings (SSSR count). The Hall–Kier alpha value is -2.73. The maximum atomic E-state index is 12.7. The molecule has 1 saturated heterocycles. The molecule has 2 aromatic carbocycles. The van der Waals surface area contributed by atoms with Gasteiger partial charge in [0.15, 0.2) is 0 Å². The molecule has 1 aliphatic heterocycles. The number of rotatable bonds is 6. The average molecular weight is 493 g/mol. The molecule has 0 spiro atoms. The van der Waals surface area contributed by atoms with Crippen molar-refractivity contribution >= 4 is 42.8 Å². The van der Waals surface area contributed by atoms with Crippen molar-refractivity contribution in [2.24, 2.45) is 0 Å². The van der Waals surface area contributed by atoms with Crippen molar-refractivity contribution in [1.82, 2.24) is 4.72 Å². The van der Waals surface area contributed by atoms with Crippen LogP contribution in [0.4, 0.5) is 5.69 Å². The van der Waals surface area contributed by atoms with Gasteiger partial charge in [-0.05, 0) is 42.5 Å². The predicted octanol–water partition coefficient (Wildman–Crippen LogP) is 2.54. The van der Waals surface area contributed by atoms with Crippen LogP contribution in [-0.2, 0) is 24.6 Å². The maximum absolute atomic E-state index is 12.7. The fraction of sp³-hybridized carbons (Fsp3) is 0.190. The molecule has 2 heterocycles. The lowest BCUT2D eigenvalue weighted by Crippen LogP contribution is -2.36. The van der Waals surface area contributed by atoms with Gasteiger partial charge in [-0.25, -0.2) is 21.6 Å². The van der Waals surface area contributed by atoms with Crippen LogP contribution in [0.2, 0.25) is 0 Å². The van der Waals surface area contributed by atoms with Crippen molar-refractivity contribution in [3.8, 4) is 0 Å². The summed E-state index contributed by atoms with van der Waals surface area (Å²) in [5, 5.41) is 1.25. The Bertz CT molecular complexity index is 1310. The quantitative estimate of drug-likeness (QED) is 0.563. The lowest BCUT2D eigenvalue weighted by molar-refractivity contribution is 0.0981. The minimum atomic E-state index is -4.23. The number of sulfone groups is 1. The lowest BCUT2D eigenvalue weighted by atomic mass is 10.2. The minimum Gasteiger partial charge on any atom is -0.378 e. The van der Waals surface area contributed by atoms with Gasteiger partial charge in [-0.3, -0.25) is 4.79 Å². The maximum Gasteiger partial charge on any atom is 0.273 e. The molecule has 0 radical (unpaired) electrons. The molecule has 1 aliphatic rings. The molecule has 3 aromatic rings. The van der Waals surface area contributed by atoms with Crippen LogP contribution in [0.5, 0.6) is 0 Å². The monoisotopic (exact) mass is 492 g/mol. The van der Waals surface area contributed by atoms with Crippen LogP contribution in [0, 0.1) is 0 Å². The number of thiophene rings is 1. The molecule has 168 valence electrons. The van der Waals surface area contributed by atoms with E-state index >= 15 is 0 Å². The van der Waals surface area contributed by atoms with Crippen molar-refractivity contribution in [3.63, 3.8) is 0 Å². The van der Waals surface area contributed by atoms with Gasteiger partial charge in [0.25, 0.3) is 15.9 Å². The van der Waals surface area contributed by atoms with Gasteiger partial charge in [-0.1, -0.05) is 18.2 Å². The van der Waals surface area contributed by atoms with Crippen LogP contribution < -0.4 is 9.62 Å². The van der Waals surface area contributed by atoms with Crippen LogP contribution in [0.25, 0.3) is 0 Å². The Labute approximate surface area is 190 Å². The van der Waals surface area contributed by atoms with Crippen LogP contribution in [0.15, 0.2) is 80.0 Å². The van der Waals surface area contributed by atoms with Crippen LogP contribution in [0.3, 0.4) is 0 Å². The van der Waals surface area contributed by atoms with Crippen molar-refractivity contribution in [1.29, 1.82) is 0 Å². The molecule has 32 heavy (non-hydrogen) atoms. The van der Waals surface area contributed by atoms with Crippen molar-refractivity contribution in [3.05, 3.63) is 71.6 Å². The number of carbonyl (C=O) groups excluding carboxylic acids is 1. The summed E-state index contributed by atoms with van der Waals surface area (Å²) in [5.41, 5.74) is 1.10. The third-order valence-corrected chi connectivity index (χ3v) is 9.58. The first-order valence-electron chi connectivity index (χ1n) is 9.66. The molecule has 8 nitrogen and oxygen atoms in total. The molecule has 0 aliphatic carbocycles. The van der Waals surface area contributed by atoms with Gasteiger partial charge in [-0.2, -0.15) is 0 Å². The van der Waals surface area contributed by atoms with E-state index in [1.807, 2.05) is 4.72 Å². The van der Waals surface area contributed by atoms with Gasteiger partial charge < -0.3 is 9.64 Å². The molecule has 1 aromatic heterocycles. The summed E-state index contributed by atoms with van der Waals surface area (Å²) in [4.78, 5) is 14.5. The summed E-state index contributed by atoms with van der Waals surface area (Å²) in [7, 11) is -8.09. The number of ether oxygens (including phenoxy) is 1. The average Bonchev–Trinajstić information content (AvgIpc) is 3.33. The molecule has 1 N–H and O–H groups in total. The lowest BCUT2D eigenvalue weighted by Gasteiger charge is -2.28. The van der Waals surface area contributed by atoms with E-state index in [9.17, 15) is 21.6 Å². The van der Waals surface area contributed by atoms with E-state index < -0.39 is 25.8 Å². The number of sulfonamides is 1. The molecule has 1 amide bonds. The second-order valence-corrected chi connectivity index (χ2v) is 11.8. The highest BCUT2D eigenvalue weighted by atomic mass is 32.2. The van der Waals surface area contributed by atoms with Gasteiger partial charge in [-0.15, -0.1) is 11.3 Å². The first-order chi connectivity index (χ1) is 15.3. The molecule has 0 bridgehead atoms. The first-order valence-corrected chi connectivity index (χ1v) is 13.5. The summed E-state index contributed by atoms with van der Waals surface area (Å²) in [6.07, 6.45) is 0. The van der Waals surface area contributed by atoms with E-state index in [-0.39, 0.29) is 19.6 Å². The SMILES string of the molecule is O=C(NS(=O)(=O)c1cc(S(=O)(=O)c2ccccc2)cs1)c1ccc(N2CCOCC2)cc1. The number of morpholine rings is 1. The highest BCUT2D eigenvalue weighted by Gasteiger charge is 2.25. The van der Waals surface area contributed by atoms with Crippen LogP contribution in [0.1, 0.15) is 10.4 Å². The molecule has 11 heteroatoms. The van der Waals surface area contributed by atoms with Gasteiger partial charge in [0.1, 0.15) is 4.21 Å². The zero-order valence-corrected chi connectivity index (χ0v) is 19.3. The second-order valence-electron chi connectivity index (χ2n) is 7.00. The number of hydrogen-bond acceptors (Lipinski definition) is 8. The largest absolute Gasteiger partial charge is 0.378 e. The Kier molecular flexibility index (Phi) is 6.33. The van der Waals surface area contributed by atoms with Crippen molar-refractivity contribution < 1.29 is 26.4 Å². The van der Waals surface area contributed by atoms with Gasteiger partial charge in [0, 0.05) is 29.7 Å². The van der Waals surface area contributed by atoms with E-state index in [2.05, 4.69) is 4.90 Å². The van der Waals surface area contributed by atoms with E-state index in [4.69, 9.17) is 4.74 Å². The predicted molar refractivity (Wildman–Crippen MR) is 120 cm³/mol. The molecule has 0 unspecified atom stereocenters. The topological polar surface area (TPSA) is 110 Å². The highest BCUT2D eigenvalue weighted by Crippen LogP contribution is 2.28. The molecule has 0 atom stereocenters. The summed E-state index contributed by atoms with van der Waals surface area (Å²) in [5.74, 6) is -0.792. The zero-order chi connectivity index (χ0) is 22.8. The standard InChI is InChI=1S/C21H20N2O6S3/c24-21(16-6-8-17(9-7-16)23-10-12-29-13-11-23)22-32(27,28)20-14-19(15-30-20)31(25,26)18-4-2-1-3-5-18/h1-9,14-15H,10-13H2,(H,22,24). The smallest absolute Gasteiger partial charge is 0.273 e. The van der Waals surface area contributed by atoms with Crippen molar-refractivity contribution in [2.45, 2.75) is 14.0 Å². The Morgan fingerprint density at radius 2 is 1.56 bits per heavy atom. The Balaban J connectivity index is 1.49. The number of anilines is 1. The first kappa shape index (κ1) is 22.5. The molecular weight excluding hydrogens is 472 g/mol. The number of amides is 1. The second kappa shape index (κ2) is 9.02. The van der Waals surface area contributed by atoms with Crippen LogP contribution in [-0.4, -0.2) is 49.0 Å². The Morgan fingerprint density at radius 1 is 0.906 bits per heavy atom. The summed E-state index contributed by atoms with van der Waals surface area (Å²) >= 11 is 0.736. The van der Waals surface area contributed by atoms with Crippen molar-refractivity contribution in [2.75, 3.05) is 31.2 Å². The number of benzene rings is 2. The molecule has 0 saturated carbocycles. The van der Waals surface area contributed by atoms with Gasteiger partial charge in [0.05, 0.1) is 23.0 Å². The van der Waals surface area contributed by atoms with E-state index in [1.54, 1.807) is 42.5 Å². The Morgan fingerprint density at radius 3 is 2.22 bits per heavy atom. The summed E-state index contributed by atoms with van der Waals surface area (Å²) in [6, 6.07) is 15.4. The van der Waals surface area contributed by atoms with E-state index in [0.29, 0.717) is 13.2 Å². The zero-order valence-electron chi connectivity index (χ0n) is 16.8. The normalized spacial score (nSPS) is 14.8. The van der Waals surface area contributed by atoms with E-state index in [0.717, 1.165) is 36.2 Å². The minimum absolute atomic E-state index is 0.0612. The number of nitrogens with zero attached hydrogens (tertiary/aromatic N) is 1. The number of carbonyl (C=O) groups is 1. The number of nitrogens with one attached hydrogen (secondary N) is 1. The van der Waals surface area contributed by atoms with Gasteiger partial charge in [0.2, 0.25) is 9.84 Å². The van der Waals surface area contributed by atoms with Crippen LogP contribution >= 0.6 is 11.3 Å². The van der Waals surface area contributed by atoms with Gasteiger partial charge >= 0.3 is 0 Å². The molecule has 1 fully saturated rings. The van der Waals surface area contributed by atoms with E-state index in [1.165, 1.54) is 17.5 Å². The summed E-state index contributed by atoms with van der Waals surface area (Å²) in [6.45, 7) is 2.74. The highest BCUT2D eigenvalue weighted by molar-refractivity contribution is 7.93. The third kappa shape index (κ3) is 4.70. The fourth-order valence-corrected chi connectivity index (χ4v) is 7.07. The molecular formula is C21H20N2O6S3. The third-order valence-electron chi connectivity index (χ3n) is 4.91.